The molecule has 1 aromatic carbocycles. The highest BCUT2D eigenvalue weighted by molar-refractivity contribution is 6.03. The minimum absolute atomic E-state index is 0.567. The standard InChI is InChI=1S/C17H21N3/c1-6-7-8-13-10(3)15-14(11(4)16(13)18)9(2)12(5)20-17(15)19/h6-8H,1,18H2,2-5H3,(H2,19,20)/b8-7+. The summed E-state index contributed by atoms with van der Waals surface area (Å²) in [7, 11) is 0. The van der Waals surface area contributed by atoms with Gasteiger partial charge in [-0.25, -0.2) is 4.98 Å². The van der Waals surface area contributed by atoms with E-state index in [4.69, 9.17) is 11.5 Å². The Hall–Kier alpha value is -2.29. The van der Waals surface area contributed by atoms with Crippen LogP contribution >= 0.6 is 0 Å². The number of aromatic nitrogens is 1. The summed E-state index contributed by atoms with van der Waals surface area (Å²) in [4.78, 5) is 4.45. The molecule has 20 heavy (non-hydrogen) atoms. The maximum atomic E-state index is 6.31. The van der Waals surface area contributed by atoms with E-state index in [9.17, 15) is 0 Å². The fraction of sp³-hybridized carbons (Fsp3) is 0.235. The SMILES string of the molecule is C=C/C=C/c1c(N)c(C)c2c(C)c(C)nc(N)c2c1C. The fourth-order valence-corrected chi connectivity index (χ4v) is 2.72. The van der Waals surface area contributed by atoms with E-state index in [-0.39, 0.29) is 0 Å². The Morgan fingerprint density at radius 1 is 0.950 bits per heavy atom. The average Bonchev–Trinajstić information content (AvgIpc) is 2.40. The topological polar surface area (TPSA) is 64.9 Å². The molecule has 0 bridgehead atoms. The summed E-state index contributed by atoms with van der Waals surface area (Å²) in [5.41, 5.74) is 18.5. The second kappa shape index (κ2) is 5.00. The molecule has 0 aliphatic rings. The number of rotatable bonds is 2. The van der Waals surface area contributed by atoms with Crippen molar-refractivity contribution in [1.82, 2.24) is 4.98 Å². The van der Waals surface area contributed by atoms with Crippen molar-refractivity contribution in [2.24, 2.45) is 0 Å². The Morgan fingerprint density at radius 3 is 2.20 bits per heavy atom. The van der Waals surface area contributed by atoms with Gasteiger partial charge in [-0.3, -0.25) is 0 Å². The molecule has 0 saturated carbocycles. The van der Waals surface area contributed by atoms with Crippen molar-refractivity contribution in [2.75, 3.05) is 11.5 Å². The van der Waals surface area contributed by atoms with Gasteiger partial charge in [-0.2, -0.15) is 0 Å². The highest BCUT2D eigenvalue weighted by Crippen LogP contribution is 2.37. The van der Waals surface area contributed by atoms with Gasteiger partial charge in [-0.1, -0.05) is 24.8 Å². The lowest BCUT2D eigenvalue weighted by Crippen LogP contribution is -2.05. The summed E-state index contributed by atoms with van der Waals surface area (Å²) in [6, 6.07) is 0. The molecule has 0 unspecified atom stereocenters. The van der Waals surface area contributed by atoms with E-state index in [0.717, 1.165) is 44.4 Å². The second-order valence-electron chi connectivity index (χ2n) is 5.13. The molecule has 3 nitrogen and oxygen atoms in total. The lowest BCUT2D eigenvalue weighted by molar-refractivity contribution is 1.18. The predicted molar refractivity (Wildman–Crippen MR) is 88.7 cm³/mol. The lowest BCUT2D eigenvalue weighted by Gasteiger charge is -2.18. The lowest BCUT2D eigenvalue weighted by atomic mass is 9.91. The molecule has 0 atom stereocenters. The van der Waals surface area contributed by atoms with Crippen LogP contribution in [-0.4, -0.2) is 4.98 Å². The van der Waals surface area contributed by atoms with Gasteiger partial charge in [0.15, 0.2) is 0 Å². The van der Waals surface area contributed by atoms with Crippen LogP contribution in [0.15, 0.2) is 18.7 Å². The summed E-state index contributed by atoms with van der Waals surface area (Å²) in [5, 5.41) is 2.13. The molecular formula is C17H21N3. The van der Waals surface area contributed by atoms with Crippen LogP contribution < -0.4 is 11.5 Å². The largest absolute Gasteiger partial charge is 0.398 e. The molecule has 0 saturated heterocycles. The van der Waals surface area contributed by atoms with E-state index in [0.29, 0.717) is 5.82 Å². The Labute approximate surface area is 120 Å². The van der Waals surface area contributed by atoms with Gasteiger partial charge in [-0.15, -0.1) is 0 Å². The number of fused-ring (bicyclic) bond motifs is 1. The molecule has 4 N–H and O–H groups in total. The number of nitrogens with two attached hydrogens (primary N) is 2. The second-order valence-corrected chi connectivity index (χ2v) is 5.13. The van der Waals surface area contributed by atoms with Crippen molar-refractivity contribution in [1.29, 1.82) is 0 Å². The highest BCUT2D eigenvalue weighted by Gasteiger charge is 2.16. The number of anilines is 2. The zero-order chi connectivity index (χ0) is 15.0. The molecule has 2 rings (SSSR count). The molecule has 3 heteroatoms. The van der Waals surface area contributed by atoms with Crippen LogP contribution in [0.4, 0.5) is 11.5 Å². The average molecular weight is 267 g/mol. The van der Waals surface area contributed by atoms with Crippen LogP contribution in [0.25, 0.3) is 16.8 Å². The minimum Gasteiger partial charge on any atom is -0.398 e. The van der Waals surface area contributed by atoms with E-state index in [2.05, 4.69) is 18.5 Å². The molecule has 0 spiro atoms. The van der Waals surface area contributed by atoms with E-state index in [1.54, 1.807) is 6.08 Å². The van der Waals surface area contributed by atoms with Crippen molar-refractivity contribution >= 4 is 28.4 Å². The molecular weight excluding hydrogens is 246 g/mol. The van der Waals surface area contributed by atoms with Crippen LogP contribution in [0.2, 0.25) is 0 Å². The summed E-state index contributed by atoms with van der Waals surface area (Å²) in [6.07, 6.45) is 5.59. The maximum Gasteiger partial charge on any atom is 0.131 e. The Bertz CT molecular complexity index is 740. The smallest absolute Gasteiger partial charge is 0.131 e. The van der Waals surface area contributed by atoms with Crippen LogP contribution in [0, 0.1) is 27.7 Å². The molecule has 1 heterocycles. The highest BCUT2D eigenvalue weighted by atomic mass is 14.8. The number of benzene rings is 1. The predicted octanol–water partition coefficient (Wildman–Crippen LogP) is 3.83. The molecule has 0 aliphatic heterocycles. The molecule has 104 valence electrons. The monoisotopic (exact) mass is 267 g/mol. The molecule has 0 aliphatic carbocycles. The van der Waals surface area contributed by atoms with Crippen LogP contribution in [0.3, 0.4) is 0 Å². The molecule has 0 amide bonds. The first-order valence-electron chi connectivity index (χ1n) is 6.64. The summed E-state index contributed by atoms with van der Waals surface area (Å²) in [6.45, 7) is 11.8. The number of hydrogen-bond donors (Lipinski definition) is 2. The number of pyridine rings is 1. The minimum atomic E-state index is 0.567. The summed E-state index contributed by atoms with van der Waals surface area (Å²) < 4.78 is 0. The van der Waals surface area contributed by atoms with Crippen molar-refractivity contribution < 1.29 is 0 Å². The van der Waals surface area contributed by atoms with Gasteiger partial charge in [0.2, 0.25) is 0 Å². The number of allylic oxidation sites excluding steroid dienone is 2. The quantitative estimate of drug-likeness (QED) is 0.642. The number of nitrogens with zero attached hydrogens (tertiary/aromatic N) is 1. The van der Waals surface area contributed by atoms with Crippen molar-refractivity contribution in [3.8, 4) is 0 Å². The van der Waals surface area contributed by atoms with Crippen molar-refractivity contribution in [3.05, 3.63) is 46.7 Å². The Kier molecular flexibility index (Phi) is 3.53. The Balaban J connectivity index is 3.04. The van der Waals surface area contributed by atoms with Gasteiger partial charge in [-0.05, 0) is 49.8 Å². The zero-order valence-corrected chi connectivity index (χ0v) is 12.5. The van der Waals surface area contributed by atoms with Crippen LogP contribution in [0.1, 0.15) is 27.9 Å². The van der Waals surface area contributed by atoms with Gasteiger partial charge in [0.1, 0.15) is 5.82 Å². The van der Waals surface area contributed by atoms with Crippen LogP contribution in [-0.2, 0) is 0 Å². The van der Waals surface area contributed by atoms with Gasteiger partial charge in [0.05, 0.1) is 0 Å². The van der Waals surface area contributed by atoms with Gasteiger partial charge in [0, 0.05) is 22.3 Å². The third kappa shape index (κ3) is 1.95. The zero-order valence-electron chi connectivity index (χ0n) is 12.5. The third-order valence-corrected chi connectivity index (χ3v) is 3.96. The number of aryl methyl sites for hydroxylation is 4. The number of nitrogen functional groups attached to an aromatic ring is 2. The third-order valence-electron chi connectivity index (χ3n) is 3.96. The van der Waals surface area contributed by atoms with Gasteiger partial charge < -0.3 is 11.5 Å². The molecule has 1 aromatic heterocycles. The first kappa shape index (κ1) is 14.1. The normalized spacial score (nSPS) is 11.4. The van der Waals surface area contributed by atoms with E-state index in [1.807, 2.05) is 32.9 Å². The van der Waals surface area contributed by atoms with Crippen LogP contribution in [0.5, 0.6) is 0 Å². The van der Waals surface area contributed by atoms with Crippen molar-refractivity contribution in [2.45, 2.75) is 27.7 Å². The van der Waals surface area contributed by atoms with Gasteiger partial charge >= 0.3 is 0 Å². The first-order chi connectivity index (χ1) is 9.40. The van der Waals surface area contributed by atoms with E-state index < -0.39 is 0 Å². The van der Waals surface area contributed by atoms with Gasteiger partial charge in [0.25, 0.3) is 0 Å². The summed E-state index contributed by atoms with van der Waals surface area (Å²) >= 11 is 0. The fourth-order valence-electron chi connectivity index (χ4n) is 2.72. The van der Waals surface area contributed by atoms with E-state index >= 15 is 0 Å². The first-order valence-corrected chi connectivity index (χ1v) is 6.64. The molecule has 2 aromatic rings. The maximum absolute atomic E-state index is 6.31. The Morgan fingerprint density at radius 2 is 1.60 bits per heavy atom. The van der Waals surface area contributed by atoms with E-state index in [1.165, 1.54) is 0 Å². The number of hydrogen-bond acceptors (Lipinski definition) is 3. The molecule has 0 radical (unpaired) electrons. The van der Waals surface area contributed by atoms with Crippen molar-refractivity contribution in [3.63, 3.8) is 0 Å². The summed E-state index contributed by atoms with van der Waals surface area (Å²) in [5.74, 6) is 0.567. The molecule has 0 fully saturated rings.